The highest BCUT2D eigenvalue weighted by Gasteiger charge is 2.42. The summed E-state index contributed by atoms with van der Waals surface area (Å²) in [6, 6.07) is 16.9. The van der Waals surface area contributed by atoms with Crippen molar-refractivity contribution < 1.29 is 19.4 Å². The molecule has 0 spiro atoms. The molecule has 1 N–H and O–H groups in total. The Balaban J connectivity index is 2.16. The molecule has 2 aromatic carbocycles. The first-order valence-electron chi connectivity index (χ1n) is 6.33. The van der Waals surface area contributed by atoms with Crippen LogP contribution in [0, 0.1) is 0 Å². The molecule has 0 amide bonds. The summed E-state index contributed by atoms with van der Waals surface area (Å²) in [5, 5.41) is 9.19. The maximum absolute atomic E-state index is 11.2. The zero-order chi connectivity index (χ0) is 14.2. The third-order valence-corrected chi connectivity index (χ3v) is 3.50. The van der Waals surface area contributed by atoms with Gasteiger partial charge in [-0.15, -0.1) is 0 Å². The molecule has 0 aromatic heterocycles. The summed E-state index contributed by atoms with van der Waals surface area (Å²) in [5.41, 5.74) is 0.866. The van der Waals surface area contributed by atoms with Crippen LogP contribution in [0.1, 0.15) is 18.1 Å². The van der Waals surface area contributed by atoms with Gasteiger partial charge in [0.25, 0.3) is 6.29 Å². The van der Waals surface area contributed by atoms with E-state index < -0.39 is 17.9 Å². The third kappa shape index (κ3) is 1.94. The van der Waals surface area contributed by atoms with Crippen molar-refractivity contribution in [1.29, 1.82) is 0 Å². The van der Waals surface area contributed by atoms with E-state index in [1.165, 1.54) is 0 Å². The Morgan fingerprint density at radius 1 is 1.10 bits per heavy atom. The largest absolute Gasteiger partial charge is 0.477 e. The molecule has 1 heterocycles. The monoisotopic (exact) mass is 270 g/mol. The Morgan fingerprint density at radius 3 is 2.45 bits per heavy atom. The summed E-state index contributed by atoms with van der Waals surface area (Å²) in [5.74, 6) is -0.598. The van der Waals surface area contributed by atoms with E-state index in [1.54, 1.807) is 6.07 Å². The Kier molecular flexibility index (Phi) is 2.95. The van der Waals surface area contributed by atoms with E-state index in [9.17, 15) is 9.90 Å². The summed E-state index contributed by atoms with van der Waals surface area (Å²) in [4.78, 5) is 11.2. The van der Waals surface area contributed by atoms with Crippen LogP contribution in [0.3, 0.4) is 0 Å². The van der Waals surface area contributed by atoms with Crippen LogP contribution in [-0.2, 0) is 15.1 Å². The maximum atomic E-state index is 11.2. The van der Waals surface area contributed by atoms with Crippen molar-refractivity contribution in [3.63, 3.8) is 0 Å². The second-order valence-electron chi connectivity index (χ2n) is 4.80. The van der Waals surface area contributed by atoms with Gasteiger partial charge in [-0.3, -0.25) is 0 Å². The highest BCUT2D eigenvalue weighted by Crippen LogP contribution is 2.43. The second-order valence-corrected chi connectivity index (χ2v) is 4.80. The first-order chi connectivity index (χ1) is 9.61. The lowest BCUT2D eigenvalue weighted by Gasteiger charge is -2.39. The SMILES string of the molecule is C[C@]1(c2ccccc2)O[C@H](C(=O)O)Oc2ccccc21. The normalized spacial score (nSPS) is 24.6. The van der Waals surface area contributed by atoms with Gasteiger partial charge in [-0.25, -0.2) is 4.79 Å². The number of benzene rings is 2. The van der Waals surface area contributed by atoms with Crippen LogP contribution in [0.25, 0.3) is 0 Å². The number of carbonyl (C=O) groups is 1. The lowest BCUT2D eigenvalue weighted by Crippen LogP contribution is -2.44. The van der Waals surface area contributed by atoms with E-state index in [1.807, 2.05) is 55.5 Å². The molecule has 0 bridgehead atoms. The number of para-hydroxylation sites is 1. The van der Waals surface area contributed by atoms with Crippen LogP contribution in [-0.4, -0.2) is 17.4 Å². The summed E-state index contributed by atoms with van der Waals surface area (Å²) in [6.07, 6.45) is -1.31. The fourth-order valence-electron chi connectivity index (χ4n) is 2.46. The number of carboxylic acids is 1. The highest BCUT2D eigenvalue weighted by molar-refractivity contribution is 5.72. The molecule has 102 valence electrons. The van der Waals surface area contributed by atoms with E-state index in [0.29, 0.717) is 5.75 Å². The van der Waals surface area contributed by atoms with Gasteiger partial charge in [0.1, 0.15) is 11.4 Å². The minimum Gasteiger partial charge on any atom is -0.477 e. The minimum atomic E-state index is -1.31. The van der Waals surface area contributed by atoms with Gasteiger partial charge in [-0.2, -0.15) is 0 Å². The van der Waals surface area contributed by atoms with Gasteiger partial charge < -0.3 is 14.6 Å². The molecule has 0 radical (unpaired) electrons. The van der Waals surface area contributed by atoms with Crippen LogP contribution < -0.4 is 4.74 Å². The summed E-state index contributed by atoms with van der Waals surface area (Å²) < 4.78 is 11.1. The molecule has 4 heteroatoms. The van der Waals surface area contributed by atoms with Crippen LogP contribution in [0.15, 0.2) is 54.6 Å². The van der Waals surface area contributed by atoms with Gasteiger partial charge in [0.05, 0.1) is 0 Å². The second kappa shape index (κ2) is 4.65. The van der Waals surface area contributed by atoms with Crippen molar-refractivity contribution in [1.82, 2.24) is 0 Å². The number of carboxylic acid groups (broad SMARTS) is 1. The predicted octanol–water partition coefficient (Wildman–Crippen LogP) is 2.77. The first-order valence-corrected chi connectivity index (χ1v) is 6.33. The zero-order valence-electron chi connectivity index (χ0n) is 10.9. The molecule has 0 saturated carbocycles. The fraction of sp³-hybridized carbons (Fsp3) is 0.188. The molecule has 4 nitrogen and oxygen atoms in total. The van der Waals surface area contributed by atoms with Crippen LogP contribution in [0.4, 0.5) is 0 Å². The molecule has 2 atom stereocenters. The molecular formula is C16H14O4. The Bertz CT molecular complexity index is 638. The van der Waals surface area contributed by atoms with Gasteiger partial charge in [0, 0.05) is 5.56 Å². The summed E-state index contributed by atoms with van der Waals surface area (Å²) in [7, 11) is 0. The minimum absolute atomic E-state index is 0.539. The van der Waals surface area contributed by atoms with Gasteiger partial charge in [0.2, 0.25) is 0 Å². The fourth-order valence-corrected chi connectivity index (χ4v) is 2.46. The summed E-state index contributed by atoms with van der Waals surface area (Å²) in [6.45, 7) is 1.86. The molecule has 0 unspecified atom stereocenters. The van der Waals surface area contributed by atoms with Gasteiger partial charge >= 0.3 is 5.97 Å². The van der Waals surface area contributed by atoms with E-state index in [-0.39, 0.29) is 0 Å². The standard InChI is InChI=1S/C16H14O4/c1-16(11-7-3-2-4-8-11)12-9-5-6-10-13(12)19-15(20-16)14(17)18/h2-10,15H,1H3,(H,17,18)/t15-,16-/m1/s1. The van der Waals surface area contributed by atoms with Gasteiger partial charge in [-0.05, 0) is 18.6 Å². The van der Waals surface area contributed by atoms with Crippen molar-refractivity contribution in [3.8, 4) is 5.75 Å². The molecule has 1 aliphatic rings. The number of rotatable bonds is 2. The topological polar surface area (TPSA) is 55.8 Å². The molecule has 20 heavy (non-hydrogen) atoms. The highest BCUT2D eigenvalue weighted by atomic mass is 16.7. The smallest absolute Gasteiger partial charge is 0.373 e. The molecule has 3 rings (SSSR count). The number of ether oxygens (including phenoxy) is 2. The number of hydrogen-bond donors (Lipinski definition) is 1. The third-order valence-electron chi connectivity index (χ3n) is 3.50. The number of aliphatic carboxylic acids is 1. The van der Waals surface area contributed by atoms with Crippen molar-refractivity contribution in [3.05, 3.63) is 65.7 Å². The maximum Gasteiger partial charge on any atom is 0.373 e. The zero-order valence-corrected chi connectivity index (χ0v) is 10.9. The van der Waals surface area contributed by atoms with Crippen LogP contribution >= 0.6 is 0 Å². The lowest BCUT2D eigenvalue weighted by atomic mass is 9.86. The van der Waals surface area contributed by atoms with Gasteiger partial charge in [-0.1, -0.05) is 48.5 Å². The van der Waals surface area contributed by atoms with E-state index in [4.69, 9.17) is 9.47 Å². The molecular weight excluding hydrogens is 256 g/mol. The predicted molar refractivity (Wildman–Crippen MR) is 72.5 cm³/mol. The van der Waals surface area contributed by atoms with E-state index in [2.05, 4.69) is 0 Å². The van der Waals surface area contributed by atoms with E-state index >= 15 is 0 Å². The van der Waals surface area contributed by atoms with E-state index in [0.717, 1.165) is 11.1 Å². The summed E-state index contributed by atoms with van der Waals surface area (Å²) >= 11 is 0. The Labute approximate surface area is 116 Å². The van der Waals surface area contributed by atoms with Gasteiger partial charge in [0.15, 0.2) is 0 Å². The molecule has 1 aliphatic heterocycles. The van der Waals surface area contributed by atoms with Crippen molar-refractivity contribution >= 4 is 5.97 Å². The molecule has 2 aromatic rings. The first kappa shape index (κ1) is 12.7. The van der Waals surface area contributed by atoms with Crippen LogP contribution in [0.5, 0.6) is 5.75 Å². The Morgan fingerprint density at radius 2 is 1.75 bits per heavy atom. The average molecular weight is 270 g/mol. The van der Waals surface area contributed by atoms with Crippen LogP contribution in [0.2, 0.25) is 0 Å². The molecule has 0 aliphatic carbocycles. The molecule has 0 fully saturated rings. The number of hydrogen-bond acceptors (Lipinski definition) is 3. The quantitative estimate of drug-likeness (QED) is 0.911. The molecule has 0 saturated heterocycles. The van der Waals surface area contributed by atoms with Crippen molar-refractivity contribution in [2.75, 3.05) is 0 Å². The van der Waals surface area contributed by atoms with Crippen molar-refractivity contribution in [2.24, 2.45) is 0 Å². The van der Waals surface area contributed by atoms with Crippen molar-refractivity contribution in [2.45, 2.75) is 18.8 Å². The average Bonchev–Trinajstić information content (AvgIpc) is 2.48. The number of fused-ring (bicyclic) bond motifs is 1. The lowest BCUT2D eigenvalue weighted by molar-refractivity contribution is -0.201. The Hall–Kier alpha value is -2.33.